The minimum absolute atomic E-state index is 0.0154. The molecule has 0 aliphatic heterocycles. The van der Waals surface area contributed by atoms with Crippen molar-refractivity contribution in [2.75, 3.05) is 0 Å². The third-order valence-electron chi connectivity index (χ3n) is 3.75. The Hall–Kier alpha value is -1.81. The Balaban J connectivity index is 2.13. The van der Waals surface area contributed by atoms with Gasteiger partial charge in [0.2, 0.25) is 0 Å². The summed E-state index contributed by atoms with van der Waals surface area (Å²) < 4.78 is 37.7. The van der Waals surface area contributed by atoms with Crippen molar-refractivity contribution in [2.24, 2.45) is 5.73 Å². The summed E-state index contributed by atoms with van der Waals surface area (Å²) >= 11 is 0. The van der Waals surface area contributed by atoms with E-state index < -0.39 is 11.7 Å². The van der Waals surface area contributed by atoms with Crippen LogP contribution in [0.15, 0.2) is 48.5 Å². The molecule has 0 radical (unpaired) electrons. The summed E-state index contributed by atoms with van der Waals surface area (Å²) in [6.07, 6.45) is -1.16. The van der Waals surface area contributed by atoms with Gasteiger partial charge in [0.1, 0.15) is 0 Å². The summed E-state index contributed by atoms with van der Waals surface area (Å²) in [7, 11) is 0. The van der Waals surface area contributed by atoms with E-state index in [2.05, 4.69) is 6.92 Å². The van der Waals surface area contributed by atoms with E-state index in [4.69, 9.17) is 5.73 Å². The van der Waals surface area contributed by atoms with Crippen LogP contribution in [0.3, 0.4) is 0 Å². The van der Waals surface area contributed by atoms with E-state index in [9.17, 15) is 13.2 Å². The van der Waals surface area contributed by atoms with E-state index in [1.54, 1.807) is 0 Å². The largest absolute Gasteiger partial charge is 0.416 e. The van der Waals surface area contributed by atoms with Gasteiger partial charge in [-0.2, -0.15) is 13.2 Å². The SMILES string of the molecule is CCCC[C@H](N)c1ccc(-c2ccc(C(F)(F)F)cc2)cc1. The first-order valence-electron chi connectivity index (χ1n) is 7.45. The fourth-order valence-corrected chi connectivity index (χ4v) is 2.37. The summed E-state index contributed by atoms with van der Waals surface area (Å²) in [5, 5.41) is 0. The van der Waals surface area contributed by atoms with Gasteiger partial charge in [0, 0.05) is 6.04 Å². The van der Waals surface area contributed by atoms with Gasteiger partial charge < -0.3 is 5.73 Å². The van der Waals surface area contributed by atoms with E-state index in [0.29, 0.717) is 0 Å². The Morgan fingerprint density at radius 1 is 0.909 bits per heavy atom. The molecule has 0 saturated heterocycles. The van der Waals surface area contributed by atoms with Crippen LogP contribution >= 0.6 is 0 Å². The highest BCUT2D eigenvalue weighted by atomic mass is 19.4. The van der Waals surface area contributed by atoms with Gasteiger partial charge in [0.25, 0.3) is 0 Å². The summed E-state index contributed by atoms with van der Waals surface area (Å²) in [6, 6.07) is 12.9. The van der Waals surface area contributed by atoms with Crippen LogP contribution in [0.5, 0.6) is 0 Å². The van der Waals surface area contributed by atoms with Crippen molar-refractivity contribution in [1.29, 1.82) is 0 Å². The minimum Gasteiger partial charge on any atom is -0.324 e. The molecule has 2 aromatic rings. The molecule has 1 atom stereocenters. The summed E-state index contributed by atoms with van der Waals surface area (Å²) in [6.45, 7) is 2.13. The lowest BCUT2D eigenvalue weighted by Gasteiger charge is -2.12. The van der Waals surface area contributed by atoms with Gasteiger partial charge in [-0.1, -0.05) is 56.2 Å². The highest BCUT2D eigenvalue weighted by Crippen LogP contribution is 2.31. The van der Waals surface area contributed by atoms with Crippen LogP contribution in [0, 0.1) is 0 Å². The molecular formula is C18H20F3N. The molecule has 0 aliphatic carbocycles. The van der Waals surface area contributed by atoms with E-state index in [1.807, 2.05) is 24.3 Å². The molecule has 2 N–H and O–H groups in total. The summed E-state index contributed by atoms with van der Waals surface area (Å²) in [5.41, 5.74) is 8.20. The smallest absolute Gasteiger partial charge is 0.324 e. The third kappa shape index (κ3) is 4.10. The van der Waals surface area contributed by atoms with Crippen LogP contribution in [0.2, 0.25) is 0 Å². The first-order chi connectivity index (χ1) is 10.4. The second kappa shape index (κ2) is 6.97. The van der Waals surface area contributed by atoms with Gasteiger partial charge in [-0.3, -0.25) is 0 Å². The molecule has 0 saturated carbocycles. The molecule has 22 heavy (non-hydrogen) atoms. The molecule has 1 nitrogen and oxygen atoms in total. The fraction of sp³-hybridized carbons (Fsp3) is 0.333. The summed E-state index contributed by atoms with van der Waals surface area (Å²) in [5.74, 6) is 0. The summed E-state index contributed by atoms with van der Waals surface area (Å²) in [4.78, 5) is 0. The Kier molecular flexibility index (Phi) is 5.24. The van der Waals surface area contributed by atoms with Crippen molar-refractivity contribution in [3.63, 3.8) is 0 Å². The molecule has 118 valence electrons. The van der Waals surface area contributed by atoms with Crippen LogP contribution in [-0.2, 0) is 6.18 Å². The number of hydrogen-bond acceptors (Lipinski definition) is 1. The van der Waals surface area contributed by atoms with Gasteiger partial charge in [-0.25, -0.2) is 0 Å². The van der Waals surface area contributed by atoms with Crippen LogP contribution < -0.4 is 5.73 Å². The molecular weight excluding hydrogens is 287 g/mol. The van der Waals surface area contributed by atoms with Crippen molar-refractivity contribution < 1.29 is 13.2 Å². The lowest BCUT2D eigenvalue weighted by molar-refractivity contribution is -0.137. The molecule has 0 aliphatic rings. The van der Waals surface area contributed by atoms with E-state index >= 15 is 0 Å². The highest BCUT2D eigenvalue weighted by Gasteiger charge is 2.29. The molecule has 0 bridgehead atoms. The van der Waals surface area contributed by atoms with E-state index in [0.717, 1.165) is 48.1 Å². The molecule has 0 heterocycles. The lowest BCUT2D eigenvalue weighted by atomic mass is 9.98. The predicted molar refractivity (Wildman–Crippen MR) is 83.3 cm³/mol. The Bertz CT molecular complexity index is 585. The average Bonchev–Trinajstić information content (AvgIpc) is 2.52. The van der Waals surface area contributed by atoms with Crippen LogP contribution in [0.1, 0.15) is 43.4 Å². The molecule has 4 heteroatoms. The molecule has 2 aromatic carbocycles. The predicted octanol–water partition coefficient (Wildman–Crippen LogP) is 5.56. The second-order valence-corrected chi connectivity index (χ2v) is 5.45. The Labute approximate surface area is 129 Å². The number of benzene rings is 2. The number of halogens is 3. The molecule has 0 fully saturated rings. The van der Waals surface area contributed by atoms with E-state index in [1.165, 1.54) is 12.1 Å². The van der Waals surface area contributed by atoms with Gasteiger partial charge in [0.05, 0.1) is 5.56 Å². The molecule has 0 aromatic heterocycles. The monoisotopic (exact) mass is 307 g/mol. The fourth-order valence-electron chi connectivity index (χ4n) is 2.37. The van der Waals surface area contributed by atoms with Gasteiger partial charge in [-0.05, 0) is 35.2 Å². The first kappa shape index (κ1) is 16.6. The standard InChI is InChI=1S/C18H20F3N/c1-2-3-4-17(22)15-7-5-13(6-8-15)14-9-11-16(12-10-14)18(19,20)21/h5-12,17H,2-4,22H2,1H3/t17-/m0/s1. The topological polar surface area (TPSA) is 26.0 Å². The maximum absolute atomic E-state index is 12.6. The van der Waals surface area contributed by atoms with Crippen molar-refractivity contribution >= 4 is 0 Å². The van der Waals surface area contributed by atoms with Crippen molar-refractivity contribution in [1.82, 2.24) is 0 Å². The number of hydrogen-bond donors (Lipinski definition) is 1. The lowest BCUT2D eigenvalue weighted by Crippen LogP contribution is -2.09. The third-order valence-corrected chi connectivity index (χ3v) is 3.75. The van der Waals surface area contributed by atoms with Gasteiger partial charge >= 0.3 is 6.18 Å². The molecule has 0 unspecified atom stereocenters. The normalized spacial score (nSPS) is 13.1. The molecule has 0 amide bonds. The number of unbranched alkanes of at least 4 members (excludes halogenated alkanes) is 1. The maximum Gasteiger partial charge on any atom is 0.416 e. The van der Waals surface area contributed by atoms with Crippen LogP contribution in [0.4, 0.5) is 13.2 Å². The zero-order chi connectivity index (χ0) is 16.2. The first-order valence-corrected chi connectivity index (χ1v) is 7.45. The second-order valence-electron chi connectivity index (χ2n) is 5.45. The van der Waals surface area contributed by atoms with Gasteiger partial charge in [-0.15, -0.1) is 0 Å². The number of alkyl halides is 3. The highest BCUT2D eigenvalue weighted by molar-refractivity contribution is 5.64. The number of rotatable bonds is 5. The Morgan fingerprint density at radius 3 is 1.86 bits per heavy atom. The molecule has 0 spiro atoms. The molecule has 2 rings (SSSR count). The number of nitrogens with two attached hydrogens (primary N) is 1. The van der Waals surface area contributed by atoms with Crippen molar-refractivity contribution in [3.8, 4) is 11.1 Å². The van der Waals surface area contributed by atoms with Crippen molar-refractivity contribution in [3.05, 3.63) is 59.7 Å². The average molecular weight is 307 g/mol. The quantitative estimate of drug-likeness (QED) is 0.768. The Morgan fingerprint density at radius 2 is 1.41 bits per heavy atom. The minimum atomic E-state index is -4.30. The van der Waals surface area contributed by atoms with Crippen LogP contribution in [-0.4, -0.2) is 0 Å². The van der Waals surface area contributed by atoms with Crippen LogP contribution in [0.25, 0.3) is 11.1 Å². The zero-order valence-electron chi connectivity index (χ0n) is 12.5. The van der Waals surface area contributed by atoms with E-state index in [-0.39, 0.29) is 6.04 Å². The van der Waals surface area contributed by atoms with Gasteiger partial charge in [0.15, 0.2) is 0 Å². The maximum atomic E-state index is 12.6. The van der Waals surface area contributed by atoms with Crippen molar-refractivity contribution in [2.45, 2.75) is 38.4 Å². The zero-order valence-corrected chi connectivity index (χ0v) is 12.5.